The van der Waals surface area contributed by atoms with Crippen molar-refractivity contribution in [1.82, 2.24) is 24.3 Å². The maximum atomic E-state index is 5.86. The molecule has 0 atom stereocenters. The predicted octanol–water partition coefficient (Wildman–Crippen LogP) is 2.16. The maximum Gasteiger partial charge on any atom is 0.230 e. The topological polar surface area (TPSA) is 67.7 Å². The van der Waals surface area contributed by atoms with E-state index >= 15 is 0 Å². The maximum absolute atomic E-state index is 5.86. The number of rotatable bonds is 4. The Morgan fingerprint density at radius 3 is 2.61 bits per heavy atom. The van der Waals surface area contributed by atoms with Gasteiger partial charge in [-0.15, -0.1) is 0 Å². The normalized spacial score (nSPS) is 10.7. The van der Waals surface area contributed by atoms with Gasteiger partial charge in [0.15, 0.2) is 4.34 Å². The van der Waals surface area contributed by atoms with E-state index in [2.05, 4.69) is 24.3 Å². The summed E-state index contributed by atoms with van der Waals surface area (Å²) in [6, 6.07) is 0. The van der Waals surface area contributed by atoms with Gasteiger partial charge in [0.25, 0.3) is 0 Å². The second kappa shape index (κ2) is 5.77. The van der Waals surface area contributed by atoms with E-state index in [0.717, 1.165) is 16.6 Å². The van der Waals surface area contributed by atoms with E-state index in [-0.39, 0.29) is 5.28 Å². The molecule has 0 N–H and O–H groups in total. The molecule has 0 bridgehead atoms. The molecule has 0 spiro atoms. The van der Waals surface area contributed by atoms with Crippen LogP contribution in [0.1, 0.15) is 12.7 Å². The van der Waals surface area contributed by atoms with Crippen LogP contribution in [0.4, 0.5) is 5.95 Å². The fraction of sp³-hybridized carbons (Fsp3) is 0.444. The molecular weight excluding hydrogens is 292 g/mol. The lowest BCUT2D eigenvalue weighted by atomic mass is 10.5. The molecule has 0 aromatic carbocycles. The minimum atomic E-state index is 0.177. The van der Waals surface area contributed by atoms with Crippen molar-refractivity contribution in [2.75, 3.05) is 19.0 Å². The highest BCUT2D eigenvalue weighted by Crippen LogP contribution is 2.27. The Hall–Kier alpha value is -0.990. The van der Waals surface area contributed by atoms with Crippen LogP contribution in [0.3, 0.4) is 0 Å². The number of hydrogen-bond acceptors (Lipinski definition) is 8. The molecule has 0 unspecified atom stereocenters. The van der Waals surface area contributed by atoms with Gasteiger partial charge in [0.05, 0.1) is 0 Å². The van der Waals surface area contributed by atoms with Gasteiger partial charge in [0.2, 0.25) is 16.4 Å². The molecule has 2 heterocycles. The first-order valence-corrected chi connectivity index (χ1v) is 7.14. The van der Waals surface area contributed by atoms with Crippen molar-refractivity contribution in [3.8, 4) is 0 Å². The van der Waals surface area contributed by atoms with Crippen molar-refractivity contribution in [2.45, 2.75) is 22.8 Å². The van der Waals surface area contributed by atoms with E-state index in [1.54, 1.807) is 4.90 Å². The lowest BCUT2D eigenvalue weighted by Gasteiger charge is -2.09. The van der Waals surface area contributed by atoms with Gasteiger partial charge in [-0.25, -0.2) is 4.98 Å². The van der Waals surface area contributed by atoms with Gasteiger partial charge in [-0.05, 0) is 34.9 Å². The van der Waals surface area contributed by atoms with Crippen molar-refractivity contribution >= 4 is 40.8 Å². The van der Waals surface area contributed by atoms with Crippen molar-refractivity contribution in [3.63, 3.8) is 0 Å². The summed E-state index contributed by atoms with van der Waals surface area (Å²) in [6.45, 7) is 2.01. The fourth-order valence-corrected chi connectivity index (χ4v) is 2.83. The molecule has 0 amide bonds. The number of halogens is 1. The lowest BCUT2D eigenvalue weighted by molar-refractivity contribution is 0.864. The van der Waals surface area contributed by atoms with Crippen LogP contribution in [0.2, 0.25) is 5.28 Å². The lowest BCUT2D eigenvalue weighted by Crippen LogP contribution is -2.13. The molecule has 0 fully saturated rings. The van der Waals surface area contributed by atoms with Gasteiger partial charge in [-0.2, -0.15) is 19.3 Å². The first-order valence-electron chi connectivity index (χ1n) is 5.18. The minimum absolute atomic E-state index is 0.177. The Labute approximate surface area is 118 Å². The van der Waals surface area contributed by atoms with Crippen LogP contribution in [-0.4, -0.2) is 38.4 Å². The second-order valence-electron chi connectivity index (χ2n) is 3.51. The van der Waals surface area contributed by atoms with Crippen LogP contribution < -0.4 is 4.90 Å². The Bertz CT molecular complexity index is 544. The predicted molar refractivity (Wildman–Crippen MR) is 72.6 cm³/mol. The number of aryl methyl sites for hydroxylation is 1. The molecule has 0 radical (unpaired) electrons. The molecule has 0 saturated heterocycles. The Balaban J connectivity index is 2.23. The third-order valence-electron chi connectivity index (χ3n) is 1.92. The summed E-state index contributed by atoms with van der Waals surface area (Å²) in [5, 5.41) is 0.703. The van der Waals surface area contributed by atoms with Gasteiger partial charge in [0.1, 0.15) is 5.82 Å². The van der Waals surface area contributed by atoms with Crippen LogP contribution >= 0.6 is 34.9 Å². The zero-order chi connectivity index (χ0) is 13.1. The van der Waals surface area contributed by atoms with Gasteiger partial charge < -0.3 is 4.90 Å². The second-order valence-corrected chi connectivity index (χ2v) is 5.82. The van der Waals surface area contributed by atoms with Gasteiger partial charge in [-0.3, -0.25) is 0 Å². The number of aromatic nitrogens is 5. The Morgan fingerprint density at radius 2 is 2.00 bits per heavy atom. The van der Waals surface area contributed by atoms with Crippen LogP contribution in [-0.2, 0) is 6.42 Å². The monoisotopic (exact) mass is 302 g/mol. The highest BCUT2D eigenvalue weighted by atomic mass is 35.5. The zero-order valence-corrected chi connectivity index (χ0v) is 12.5. The summed E-state index contributed by atoms with van der Waals surface area (Å²) in [5.41, 5.74) is 0. The zero-order valence-electron chi connectivity index (χ0n) is 10.1. The first-order chi connectivity index (χ1) is 8.58. The number of hydrogen-bond donors (Lipinski definition) is 0. The molecule has 96 valence electrons. The molecule has 0 aliphatic rings. The molecule has 18 heavy (non-hydrogen) atoms. The summed E-state index contributed by atoms with van der Waals surface area (Å²) < 4.78 is 5.01. The average molecular weight is 303 g/mol. The summed E-state index contributed by atoms with van der Waals surface area (Å²) in [4.78, 5) is 18.5. The molecule has 9 heteroatoms. The number of anilines is 1. The average Bonchev–Trinajstić information content (AvgIpc) is 2.76. The molecule has 2 aromatic heterocycles. The summed E-state index contributed by atoms with van der Waals surface area (Å²) in [5.74, 6) is 1.35. The third-order valence-corrected chi connectivity index (χ3v) is 3.74. The largest absolute Gasteiger partial charge is 0.347 e. The summed E-state index contributed by atoms with van der Waals surface area (Å²) in [7, 11) is 3.69. The first kappa shape index (κ1) is 13.4. The highest BCUT2D eigenvalue weighted by Gasteiger charge is 2.11. The smallest absolute Gasteiger partial charge is 0.230 e. The van der Waals surface area contributed by atoms with Gasteiger partial charge in [-0.1, -0.05) is 6.92 Å². The van der Waals surface area contributed by atoms with E-state index in [0.29, 0.717) is 11.1 Å². The quantitative estimate of drug-likeness (QED) is 0.857. The van der Waals surface area contributed by atoms with E-state index in [9.17, 15) is 0 Å². The SMILES string of the molecule is CCc1nsc(Sc2nc(Cl)nc(N(C)C)n2)n1. The van der Waals surface area contributed by atoms with Crippen LogP contribution in [0.15, 0.2) is 9.50 Å². The van der Waals surface area contributed by atoms with Crippen LogP contribution in [0.25, 0.3) is 0 Å². The Kier molecular flexibility index (Phi) is 4.31. The van der Waals surface area contributed by atoms with Crippen LogP contribution in [0, 0.1) is 0 Å². The third kappa shape index (κ3) is 3.27. The molecular formula is C9H11ClN6S2. The number of nitrogens with zero attached hydrogens (tertiary/aromatic N) is 6. The summed E-state index contributed by atoms with van der Waals surface area (Å²) >= 11 is 8.53. The van der Waals surface area contributed by atoms with Gasteiger partial charge in [0, 0.05) is 20.5 Å². The van der Waals surface area contributed by atoms with E-state index in [4.69, 9.17) is 11.6 Å². The molecule has 6 nitrogen and oxygen atoms in total. The highest BCUT2D eigenvalue weighted by molar-refractivity contribution is 8.00. The Morgan fingerprint density at radius 1 is 1.22 bits per heavy atom. The summed E-state index contributed by atoms with van der Waals surface area (Å²) in [6.07, 6.45) is 0.817. The molecule has 2 aromatic rings. The molecule has 0 saturated carbocycles. The van der Waals surface area contributed by atoms with Crippen molar-refractivity contribution in [3.05, 3.63) is 11.1 Å². The van der Waals surface area contributed by atoms with E-state index in [1.165, 1.54) is 23.3 Å². The standard InChI is InChI=1S/C9H11ClN6S2/c1-4-5-11-9(18-15-5)17-8-13-6(10)12-7(14-8)16(2)3/h4H2,1-3H3. The van der Waals surface area contributed by atoms with E-state index in [1.807, 2.05) is 21.0 Å². The minimum Gasteiger partial charge on any atom is -0.347 e. The van der Waals surface area contributed by atoms with Gasteiger partial charge >= 0.3 is 0 Å². The van der Waals surface area contributed by atoms with Crippen LogP contribution in [0.5, 0.6) is 0 Å². The van der Waals surface area contributed by atoms with Crippen molar-refractivity contribution in [1.29, 1.82) is 0 Å². The van der Waals surface area contributed by atoms with Crippen molar-refractivity contribution < 1.29 is 0 Å². The molecule has 2 rings (SSSR count). The fourth-order valence-electron chi connectivity index (χ4n) is 1.07. The molecule has 0 aliphatic carbocycles. The van der Waals surface area contributed by atoms with Crippen molar-refractivity contribution in [2.24, 2.45) is 0 Å². The molecule has 0 aliphatic heterocycles. The van der Waals surface area contributed by atoms with E-state index < -0.39 is 0 Å².